The Morgan fingerprint density at radius 3 is 2.75 bits per heavy atom. The first-order valence-electron chi connectivity index (χ1n) is 11.5. The molecular weight excluding hydrogens is 492 g/mol. The second-order valence-electron chi connectivity index (χ2n) is 8.63. The van der Waals surface area contributed by atoms with Crippen LogP contribution >= 0.6 is 22.9 Å². The Balaban J connectivity index is 1.39. The molecule has 0 aliphatic carbocycles. The molecule has 0 saturated carbocycles. The lowest BCUT2D eigenvalue weighted by atomic mass is 10.0. The largest absolute Gasteiger partial charge is 0.325 e. The van der Waals surface area contributed by atoms with Crippen LogP contribution in [0.3, 0.4) is 0 Å². The number of anilines is 1. The maximum atomic E-state index is 12.8. The van der Waals surface area contributed by atoms with E-state index in [9.17, 15) is 4.79 Å². The molecule has 2 aromatic heterocycles. The molecule has 36 heavy (non-hydrogen) atoms. The average Bonchev–Trinajstić information content (AvgIpc) is 3.41. The van der Waals surface area contributed by atoms with Crippen molar-refractivity contribution in [2.24, 2.45) is 4.99 Å². The van der Waals surface area contributed by atoms with Gasteiger partial charge in [-0.15, -0.1) is 21.5 Å². The summed E-state index contributed by atoms with van der Waals surface area (Å²) >= 11 is 8.11. The number of aliphatic imine (C=N–C) groups is 1. The fourth-order valence-electron chi connectivity index (χ4n) is 4.57. The second kappa shape index (κ2) is 8.94. The third-order valence-corrected chi connectivity index (χ3v) is 7.63. The van der Waals surface area contributed by atoms with Crippen molar-refractivity contribution in [3.8, 4) is 16.8 Å². The smallest absolute Gasteiger partial charge is 0.323 e. The number of urea groups is 1. The van der Waals surface area contributed by atoms with Crippen molar-refractivity contribution in [1.29, 1.82) is 0 Å². The molecule has 7 nitrogen and oxygen atoms in total. The number of carbonyl (C=O) groups is 1. The lowest BCUT2D eigenvalue weighted by molar-refractivity contribution is 0.211. The number of benzene rings is 2. The van der Waals surface area contributed by atoms with Crippen LogP contribution in [-0.4, -0.2) is 45.0 Å². The van der Waals surface area contributed by atoms with Crippen LogP contribution in [0.25, 0.3) is 5.00 Å². The van der Waals surface area contributed by atoms with Gasteiger partial charge in [-0.3, -0.25) is 14.5 Å². The molecule has 0 bridgehead atoms. The zero-order chi connectivity index (χ0) is 24.8. The van der Waals surface area contributed by atoms with Gasteiger partial charge < -0.3 is 4.90 Å². The summed E-state index contributed by atoms with van der Waals surface area (Å²) in [5.74, 6) is 8.06. The molecule has 0 saturated heterocycles. The number of carbonyl (C=O) groups excluding carboxylic acids is 1. The quantitative estimate of drug-likeness (QED) is 0.352. The highest BCUT2D eigenvalue weighted by Gasteiger charge is 2.27. The summed E-state index contributed by atoms with van der Waals surface area (Å²) in [7, 11) is 1.81. The summed E-state index contributed by atoms with van der Waals surface area (Å²) in [4.78, 5) is 22.0. The van der Waals surface area contributed by atoms with Gasteiger partial charge in [0.1, 0.15) is 17.4 Å². The van der Waals surface area contributed by atoms with Crippen LogP contribution in [0.5, 0.6) is 0 Å². The molecule has 2 aliphatic rings. The number of amides is 2. The van der Waals surface area contributed by atoms with Crippen molar-refractivity contribution in [1.82, 2.24) is 19.7 Å². The molecule has 6 rings (SSSR count). The second-order valence-corrected chi connectivity index (χ2v) is 10.1. The molecule has 2 aromatic carbocycles. The van der Waals surface area contributed by atoms with Gasteiger partial charge in [0.05, 0.1) is 22.8 Å². The molecule has 0 unspecified atom stereocenters. The first-order chi connectivity index (χ1) is 17.5. The van der Waals surface area contributed by atoms with Crippen molar-refractivity contribution in [2.45, 2.75) is 20.0 Å². The number of aromatic nitrogens is 3. The Kier molecular flexibility index (Phi) is 5.59. The molecule has 4 aromatic rings. The van der Waals surface area contributed by atoms with E-state index in [1.807, 2.05) is 73.1 Å². The molecule has 0 atom stereocenters. The molecule has 2 amide bonds. The highest BCUT2D eigenvalue weighted by molar-refractivity contribution is 7.15. The fourth-order valence-corrected chi connectivity index (χ4v) is 5.90. The number of nitrogens with zero attached hydrogens (tertiary/aromatic N) is 6. The zero-order valence-electron chi connectivity index (χ0n) is 19.7. The zero-order valence-corrected chi connectivity index (χ0v) is 21.3. The predicted molar refractivity (Wildman–Crippen MR) is 142 cm³/mol. The fraction of sp³-hybridized carbons (Fsp3) is 0.185. The van der Waals surface area contributed by atoms with Crippen LogP contribution in [0.1, 0.15) is 33.2 Å². The summed E-state index contributed by atoms with van der Waals surface area (Å²) < 4.78 is 2.04. The third kappa shape index (κ3) is 3.77. The summed E-state index contributed by atoms with van der Waals surface area (Å²) in [5, 5.41) is 10.2. The first-order valence-corrected chi connectivity index (χ1v) is 12.6. The van der Waals surface area contributed by atoms with Gasteiger partial charge in [-0.1, -0.05) is 59.8 Å². The molecule has 4 heterocycles. The van der Waals surface area contributed by atoms with Crippen LogP contribution in [0.2, 0.25) is 5.02 Å². The molecule has 0 radical (unpaired) electrons. The maximum absolute atomic E-state index is 12.8. The van der Waals surface area contributed by atoms with Crippen LogP contribution in [0, 0.1) is 18.8 Å². The Labute approximate surface area is 217 Å². The minimum atomic E-state index is -0.0529. The molecule has 0 fully saturated rings. The number of hydrogen-bond acceptors (Lipinski definition) is 5. The van der Waals surface area contributed by atoms with Crippen molar-refractivity contribution < 1.29 is 4.79 Å². The predicted octanol–water partition coefficient (Wildman–Crippen LogP) is 5.07. The molecular formula is C27H21ClN6OS. The molecule has 0 N–H and O–H groups in total. The number of fused-ring (bicyclic) bond motifs is 4. The van der Waals surface area contributed by atoms with Gasteiger partial charge in [-0.25, -0.2) is 4.79 Å². The Bertz CT molecular complexity index is 1610. The van der Waals surface area contributed by atoms with E-state index < -0.39 is 0 Å². The Morgan fingerprint density at radius 2 is 1.89 bits per heavy atom. The van der Waals surface area contributed by atoms with Gasteiger partial charge in [0.25, 0.3) is 0 Å². The number of hydrogen-bond donors (Lipinski definition) is 0. The van der Waals surface area contributed by atoms with Crippen molar-refractivity contribution in [3.63, 3.8) is 0 Å². The van der Waals surface area contributed by atoms with E-state index in [0.717, 1.165) is 49.6 Å². The number of para-hydroxylation sites is 1. The SMILES string of the molecule is Cc1nnc2n1-c1sc(C#CCN3C(=O)N(C)Cc4ccccc43)cc1C(c1ccccc1Cl)=NC2. The van der Waals surface area contributed by atoms with E-state index in [1.54, 1.807) is 21.1 Å². The van der Waals surface area contributed by atoms with Gasteiger partial charge in [0, 0.05) is 29.7 Å². The van der Waals surface area contributed by atoms with Crippen LogP contribution < -0.4 is 4.90 Å². The van der Waals surface area contributed by atoms with E-state index in [2.05, 4.69) is 22.0 Å². The first kappa shape index (κ1) is 22.5. The van der Waals surface area contributed by atoms with Gasteiger partial charge in [0.2, 0.25) is 0 Å². The minimum absolute atomic E-state index is 0.0529. The highest BCUT2D eigenvalue weighted by atomic mass is 35.5. The van der Waals surface area contributed by atoms with Crippen LogP contribution in [-0.2, 0) is 13.1 Å². The van der Waals surface area contributed by atoms with Gasteiger partial charge >= 0.3 is 6.03 Å². The van der Waals surface area contributed by atoms with Crippen LogP contribution in [0.4, 0.5) is 10.5 Å². The number of halogens is 1. The van der Waals surface area contributed by atoms with E-state index >= 15 is 0 Å². The lowest BCUT2D eigenvalue weighted by Gasteiger charge is -2.33. The Hall–Kier alpha value is -3.93. The topological polar surface area (TPSA) is 66.6 Å². The number of aryl methyl sites for hydroxylation is 1. The van der Waals surface area contributed by atoms with E-state index in [1.165, 1.54) is 0 Å². The summed E-state index contributed by atoms with van der Waals surface area (Å²) in [6.07, 6.45) is 0. The number of thiophene rings is 1. The number of rotatable bonds is 2. The van der Waals surface area contributed by atoms with Gasteiger partial charge in [0.15, 0.2) is 5.82 Å². The van der Waals surface area contributed by atoms with Crippen molar-refractivity contribution in [2.75, 3.05) is 18.5 Å². The summed E-state index contributed by atoms with van der Waals surface area (Å²) in [5.41, 5.74) is 4.65. The maximum Gasteiger partial charge on any atom is 0.325 e. The van der Waals surface area contributed by atoms with Gasteiger partial charge in [-0.05, 0) is 30.7 Å². The summed E-state index contributed by atoms with van der Waals surface area (Å²) in [6.45, 7) is 3.24. The Morgan fingerprint density at radius 1 is 1.08 bits per heavy atom. The normalized spacial score (nSPS) is 14.3. The highest BCUT2D eigenvalue weighted by Crippen LogP contribution is 2.34. The lowest BCUT2D eigenvalue weighted by Crippen LogP contribution is -2.45. The van der Waals surface area contributed by atoms with E-state index in [4.69, 9.17) is 16.6 Å². The van der Waals surface area contributed by atoms with E-state index in [-0.39, 0.29) is 6.03 Å². The van der Waals surface area contributed by atoms with E-state index in [0.29, 0.717) is 24.7 Å². The molecule has 2 aliphatic heterocycles. The van der Waals surface area contributed by atoms with Gasteiger partial charge in [-0.2, -0.15) is 0 Å². The summed E-state index contributed by atoms with van der Waals surface area (Å²) in [6, 6.07) is 17.7. The minimum Gasteiger partial charge on any atom is -0.323 e. The van der Waals surface area contributed by atoms with Crippen molar-refractivity contribution >= 4 is 40.4 Å². The molecule has 0 spiro atoms. The standard InChI is InChI=1S/C27H21ClN6OS/c1-17-30-31-24-15-29-25(20-10-4-5-11-22(20)28)21-14-19(36-26(21)34(17)24)9-7-13-33-23-12-6-3-8-18(23)16-32(2)27(33)35/h3-6,8,10-12,14H,13,15-16H2,1-2H3. The third-order valence-electron chi connectivity index (χ3n) is 6.27. The van der Waals surface area contributed by atoms with Crippen LogP contribution in [0.15, 0.2) is 59.6 Å². The average molecular weight is 513 g/mol. The monoisotopic (exact) mass is 512 g/mol. The van der Waals surface area contributed by atoms with Crippen molar-refractivity contribution in [3.05, 3.63) is 92.8 Å². The molecule has 9 heteroatoms. The molecule has 178 valence electrons.